The van der Waals surface area contributed by atoms with Gasteiger partial charge >= 0.3 is 0 Å². The Morgan fingerprint density at radius 3 is 2.50 bits per heavy atom. The van der Waals surface area contributed by atoms with Crippen LogP contribution in [0, 0.1) is 23.0 Å². The van der Waals surface area contributed by atoms with E-state index < -0.39 is 31.4 Å². The van der Waals surface area contributed by atoms with Crippen LogP contribution in [0.25, 0.3) is 0 Å². The number of nitrogens with zero attached hydrogens (tertiary/aromatic N) is 1. The molecule has 0 atom stereocenters. The van der Waals surface area contributed by atoms with Crippen molar-refractivity contribution in [3.63, 3.8) is 0 Å². The van der Waals surface area contributed by atoms with E-state index in [4.69, 9.17) is 21.1 Å². The van der Waals surface area contributed by atoms with E-state index in [-0.39, 0.29) is 16.1 Å². The maximum atomic E-state index is 12.5. The summed E-state index contributed by atoms with van der Waals surface area (Å²) in [5, 5.41) is 11.0. The van der Waals surface area contributed by atoms with E-state index in [2.05, 4.69) is 19.3 Å². The zero-order valence-electron chi connectivity index (χ0n) is 18.0. The summed E-state index contributed by atoms with van der Waals surface area (Å²) in [5.74, 6) is 0.453. The number of benzene rings is 2. The number of sulfonamides is 1. The number of hydrogen-bond donors (Lipinski definition) is 2. The summed E-state index contributed by atoms with van der Waals surface area (Å²) in [4.78, 5) is 24.3. The van der Waals surface area contributed by atoms with E-state index in [0.717, 1.165) is 18.6 Å². The van der Waals surface area contributed by atoms with Gasteiger partial charge in [0.1, 0.15) is 0 Å². The van der Waals surface area contributed by atoms with Crippen LogP contribution in [0.1, 0.15) is 36.2 Å². The molecule has 32 heavy (non-hydrogen) atoms. The second kappa shape index (κ2) is 10.6. The number of methoxy groups -OCH3 is 1. The van der Waals surface area contributed by atoms with Crippen LogP contribution in [0.3, 0.4) is 0 Å². The summed E-state index contributed by atoms with van der Waals surface area (Å²) in [7, 11) is -2.91. The van der Waals surface area contributed by atoms with Gasteiger partial charge in [-0.3, -0.25) is 20.3 Å². The van der Waals surface area contributed by atoms with Gasteiger partial charge in [0, 0.05) is 17.2 Å². The molecule has 0 aliphatic carbocycles. The lowest BCUT2D eigenvalue weighted by atomic mass is 10.1. The highest BCUT2D eigenvalue weighted by atomic mass is 35.5. The predicted molar refractivity (Wildman–Crippen MR) is 119 cm³/mol. The highest BCUT2D eigenvalue weighted by molar-refractivity contribution is 7.89. The molecule has 2 aromatic carbocycles. The monoisotopic (exact) mass is 485 g/mol. The Labute approximate surface area is 191 Å². The molecule has 0 fully saturated rings. The van der Waals surface area contributed by atoms with Crippen LogP contribution in [-0.2, 0) is 10.0 Å². The first-order valence-electron chi connectivity index (χ1n) is 9.53. The average Bonchev–Trinajstić information content (AvgIpc) is 2.73. The van der Waals surface area contributed by atoms with Crippen LogP contribution < -0.4 is 19.7 Å². The first-order valence-corrected chi connectivity index (χ1v) is 11.4. The third-order valence-electron chi connectivity index (χ3n) is 4.47. The van der Waals surface area contributed by atoms with Gasteiger partial charge in [-0.2, -0.15) is 0 Å². The molecule has 0 aliphatic rings. The summed E-state index contributed by atoms with van der Waals surface area (Å²) < 4.78 is 35.9. The van der Waals surface area contributed by atoms with Gasteiger partial charge in [0.25, 0.3) is 21.6 Å². The quantitative estimate of drug-likeness (QED) is 0.387. The number of carbonyl (C=O) groups excluding carboxylic acids is 1. The number of hydrazine groups is 1. The third-order valence-corrected chi connectivity index (χ3v) is 6.09. The summed E-state index contributed by atoms with van der Waals surface area (Å²) in [5.41, 5.74) is 1.84. The van der Waals surface area contributed by atoms with Crippen molar-refractivity contribution in [1.29, 1.82) is 0 Å². The number of nitrogens with one attached hydrogen (secondary N) is 2. The van der Waals surface area contributed by atoms with E-state index >= 15 is 0 Å². The molecule has 0 saturated carbocycles. The van der Waals surface area contributed by atoms with Gasteiger partial charge < -0.3 is 9.47 Å². The Morgan fingerprint density at radius 2 is 1.91 bits per heavy atom. The fourth-order valence-electron chi connectivity index (χ4n) is 2.56. The predicted octanol–water partition coefficient (Wildman–Crippen LogP) is 3.61. The van der Waals surface area contributed by atoms with Crippen LogP contribution in [0.15, 0.2) is 35.2 Å². The van der Waals surface area contributed by atoms with Gasteiger partial charge in [0.05, 0.1) is 28.6 Å². The summed E-state index contributed by atoms with van der Waals surface area (Å²) in [6.45, 7) is 6.01. The first kappa shape index (κ1) is 25.4. The van der Waals surface area contributed by atoms with Crippen LogP contribution >= 0.6 is 11.6 Å². The van der Waals surface area contributed by atoms with Crippen molar-refractivity contribution < 1.29 is 27.6 Å². The van der Waals surface area contributed by atoms with E-state index in [9.17, 15) is 23.3 Å². The Hall–Kier alpha value is -2.89. The molecule has 2 N–H and O–H groups in total. The van der Waals surface area contributed by atoms with Crippen molar-refractivity contribution in [2.24, 2.45) is 5.92 Å². The van der Waals surface area contributed by atoms with Gasteiger partial charge in [-0.25, -0.2) is 8.42 Å². The Bertz CT molecular complexity index is 1120. The van der Waals surface area contributed by atoms with Crippen molar-refractivity contribution >= 4 is 33.2 Å². The number of ether oxygens (including phenoxy) is 2. The molecule has 0 bridgehead atoms. The molecule has 0 spiro atoms. The van der Waals surface area contributed by atoms with Gasteiger partial charge in [0.2, 0.25) is 0 Å². The van der Waals surface area contributed by atoms with E-state index in [1.54, 1.807) is 6.07 Å². The Balaban J connectivity index is 2.15. The molecule has 174 valence electrons. The highest BCUT2D eigenvalue weighted by Gasteiger charge is 2.23. The molecule has 0 unspecified atom stereocenters. The van der Waals surface area contributed by atoms with E-state index in [1.165, 1.54) is 26.2 Å². The lowest BCUT2D eigenvalue weighted by Gasteiger charge is -2.13. The number of rotatable bonds is 10. The third kappa shape index (κ3) is 6.31. The summed E-state index contributed by atoms with van der Waals surface area (Å²) >= 11 is 5.92. The molecule has 10 nitrogen and oxygen atoms in total. The van der Waals surface area contributed by atoms with Crippen molar-refractivity contribution in [1.82, 2.24) is 10.3 Å². The molecule has 0 aromatic heterocycles. The van der Waals surface area contributed by atoms with Crippen molar-refractivity contribution in [2.45, 2.75) is 32.1 Å². The van der Waals surface area contributed by atoms with Crippen molar-refractivity contribution in [3.05, 3.63) is 56.6 Å². The van der Waals surface area contributed by atoms with E-state index in [0.29, 0.717) is 24.0 Å². The first-order chi connectivity index (χ1) is 15.0. The molecule has 1 amide bonds. The maximum absolute atomic E-state index is 12.5. The molecule has 0 aliphatic heterocycles. The number of halogens is 1. The average molecular weight is 486 g/mol. The molecule has 0 heterocycles. The van der Waals surface area contributed by atoms with Crippen molar-refractivity contribution in [2.75, 3.05) is 13.7 Å². The van der Waals surface area contributed by atoms with Gasteiger partial charge in [-0.1, -0.05) is 25.4 Å². The molecule has 2 rings (SSSR count). The molecule has 12 heteroatoms. The minimum Gasteiger partial charge on any atom is -0.493 e. The zero-order valence-corrected chi connectivity index (χ0v) is 19.5. The smallest absolute Gasteiger partial charge is 0.275 e. The normalized spacial score (nSPS) is 11.3. The largest absolute Gasteiger partial charge is 0.493 e. The van der Waals surface area contributed by atoms with E-state index in [1.807, 2.05) is 4.83 Å². The summed E-state index contributed by atoms with van der Waals surface area (Å²) in [6.07, 6.45) is 0.842. The maximum Gasteiger partial charge on any atom is 0.275 e. The highest BCUT2D eigenvalue weighted by Crippen LogP contribution is 2.30. The lowest BCUT2D eigenvalue weighted by molar-refractivity contribution is -0.385. The minimum absolute atomic E-state index is 0.0938. The Morgan fingerprint density at radius 1 is 1.22 bits per heavy atom. The second-order valence-electron chi connectivity index (χ2n) is 7.26. The zero-order chi connectivity index (χ0) is 24.1. The van der Waals surface area contributed by atoms with Gasteiger partial charge in [-0.05, 0) is 43.5 Å². The number of nitro groups is 1. The van der Waals surface area contributed by atoms with Crippen LogP contribution in [0.2, 0.25) is 5.02 Å². The lowest BCUT2D eigenvalue weighted by Crippen LogP contribution is -2.41. The fourth-order valence-corrected chi connectivity index (χ4v) is 3.73. The van der Waals surface area contributed by atoms with Gasteiger partial charge in [0.15, 0.2) is 11.5 Å². The standard InChI is InChI=1S/C20H24ClN3O7S/c1-12(2)7-8-31-18-6-5-14(9-19(18)30-4)20(25)22-23-32(28,29)15-10-16(21)13(3)17(11-15)24(26)27/h5-6,9-12,23H,7-8H2,1-4H3,(H,22,25). The van der Waals surface area contributed by atoms with Crippen LogP contribution in [0.4, 0.5) is 5.69 Å². The minimum atomic E-state index is -4.33. The molecular weight excluding hydrogens is 462 g/mol. The summed E-state index contributed by atoms with van der Waals surface area (Å²) in [6, 6.07) is 6.32. The molecular formula is C20H24ClN3O7S. The number of nitro benzene ring substituents is 1. The topological polar surface area (TPSA) is 137 Å². The van der Waals surface area contributed by atoms with Crippen LogP contribution in [-0.4, -0.2) is 33.0 Å². The second-order valence-corrected chi connectivity index (χ2v) is 9.35. The Kier molecular flexibility index (Phi) is 8.42. The fraction of sp³-hybridized carbons (Fsp3) is 0.350. The molecule has 0 radical (unpaired) electrons. The molecule has 2 aromatic rings. The number of amides is 1. The molecule has 0 saturated heterocycles. The number of carbonyl (C=O) groups is 1. The SMILES string of the molecule is COc1cc(C(=O)NNS(=O)(=O)c2cc(Cl)c(C)c([N+](=O)[O-])c2)ccc1OCCC(C)C. The van der Waals surface area contributed by atoms with Crippen molar-refractivity contribution in [3.8, 4) is 11.5 Å². The van der Waals surface area contributed by atoms with Gasteiger partial charge in [-0.15, -0.1) is 4.83 Å². The number of hydrogen-bond acceptors (Lipinski definition) is 7. The van der Waals surface area contributed by atoms with Crippen LogP contribution in [0.5, 0.6) is 11.5 Å².